The van der Waals surface area contributed by atoms with E-state index in [0.29, 0.717) is 6.61 Å². The molecule has 1 aliphatic heterocycles. The molecule has 1 atom stereocenters. The Labute approximate surface area is 67.1 Å². The number of hydrogen-bond donors (Lipinski definition) is 2. The van der Waals surface area contributed by atoms with Gasteiger partial charge in [-0.1, -0.05) is 0 Å². The molecule has 1 unspecified atom stereocenters. The minimum absolute atomic E-state index is 0.176. The first kappa shape index (κ1) is 8.93. The molecule has 0 radical (unpaired) electrons. The third kappa shape index (κ3) is 2.75. The number of aliphatic hydroxyl groups excluding tert-OH is 1. The molecule has 1 heterocycles. The van der Waals surface area contributed by atoms with Crippen molar-refractivity contribution in [1.82, 2.24) is 10.4 Å². The summed E-state index contributed by atoms with van der Waals surface area (Å²) >= 11 is 0. The summed E-state index contributed by atoms with van der Waals surface area (Å²) in [7, 11) is 0. The fourth-order valence-corrected chi connectivity index (χ4v) is 1.22. The van der Waals surface area contributed by atoms with Gasteiger partial charge in [-0.3, -0.25) is 4.84 Å². The van der Waals surface area contributed by atoms with Crippen molar-refractivity contribution in [1.29, 1.82) is 0 Å². The van der Waals surface area contributed by atoms with Crippen LogP contribution in [0.3, 0.4) is 0 Å². The molecule has 0 bridgehead atoms. The Hall–Kier alpha value is -0.160. The molecule has 2 N–H and O–H groups in total. The molecule has 1 saturated heterocycles. The maximum absolute atomic E-state index is 8.83. The summed E-state index contributed by atoms with van der Waals surface area (Å²) in [5, 5.41) is 13.9. The first-order chi connectivity index (χ1) is 5.36. The Bertz CT molecular complexity index is 109. The fourth-order valence-electron chi connectivity index (χ4n) is 1.22. The van der Waals surface area contributed by atoms with Crippen LogP contribution in [0.4, 0.5) is 0 Å². The zero-order chi connectivity index (χ0) is 8.10. The zero-order valence-corrected chi connectivity index (χ0v) is 6.92. The summed E-state index contributed by atoms with van der Waals surface area (Å²) in [6, 6.07) is 0.176. The predicted molar refractivity (Wildman–Crippen MR) is 42.1 cm³/mol. The van der Waals surface area contributed by atoms with E-state index in [1.807, 2.05) is 12.0 Å². The Balaban J connectivity index is 2.21. The number of hydrogen-bond acceptors (Lipinski definition) is 4. The van der Waals surface area contributed by atoms with Crippen LogP contribution in [-0.4, -0.2) is 49.1 Å². The molecular weight excluding hydrogens is 144 g/mol. The summed E-state index contributed by atoms with van der Waals surface area (Å²) in [6.07, 6.45) is 0. The van der Waals surface area contributed by atoms with Crippen LogP contribution in [-0.2, 0) is 4.84 Å². The molecule has 0 aromatic carbocycles. The molecule has 4 heteroatoms. The highest BCUT2D eigenvalue weighted by molar-refractivity contribution is 4.73. The summed E-state index contributed by atoms with van der Waals surface area (Å²) in [6.45, 7) is 5.44. The second-order valence-electron chi connectivity index (χ2n) is 2.64. The fraction of sp³-hybridized carbons (Fsp3) is 1.00. The van der Waals surface area contributed by atoms with E-state index in [1.165, 1.54) is 0 Å². The van der Waals surface area contributed by atoms with Crippen LogP contribution in [0.5, 0.6) is 0 Å². The van der Waals surface area contributed by atoms with Crippen molar-refractivity contribution in [2.45, 2.75) is 13.0 Å². The number of piperazine rings is 1. The van der Waals surface area contributed by atoms with Gasteiger partial charge in [-0.15, -0.1) is 0 Å². The Morgan fingerprint density at radius 3 is 3.18 bits per heavy atom. The monoisotopic (exact) mass is 160 g/mol. The van der Waals surface area contributed by atoms with Crippen LogP contribution in [0.1, 0.15) is 6.92 Å². The van der Waals surface area contributed by atoms with Gasteiger partial charge in [0.2, 0.25) is 0 Å². The van der Waals surface area contributed by atoms with Gasteiger partial charge in [0, 0.05) is 25.7 Å². The van der Waals surface area contributed by atoms with Crippen molar-refractivity contribution < 1.29 is 9.94 Å². The van der Waals surface area contributed by atoms with E-state index < -0.39 is 0 Å². The minimum Gasteiger partial charge on any atom is -0.395 e. The van der Waals surface area contributed by atoms with Gasteiger partial charge in [0.1, 0.15) is 0 Å². The van der Waals surface area contributed by atoms with Crippen LogP contribution in [0.15, 0.2) is 0 Å². The molecule has 11 heavy (non-hydrogen) atoms. The average Bonchev–Trinajstić information content (AvgIpc) is 2.06. The highest BCUT2D eigenvalue weighted by Crippen LogP contribution is 1.98. The molecule has 0 aliphatic carbocycles. The van der Waals surface area contributed by atoms with E-state index >= 15 is 0 Å². The van der Waals surface area contributed by atoms with Gasteiger partial charge in [-0.05, 0) is 6.92 Å². The molecule has 0 saturated carbocycles. The molecule has 66 valence electrons. The molecular formula is C7H16N2O2. The normalized spacial score (nSPS) is 27.3. The van der Waals surface area contributed by atoms with Gasteiger partial charge >= 0.3 is 0 Å². The second kappa shape index (κ2) is 4.66. The van der Waals surface area contributed by atoms with Gasteiger partial charge in [0.05, 0.1) is 13.2 Å². The quantitative estimate of drug-likeness (QED) is 0.567. The van der Waals surface area contributed by atoms with Crippen molar-refractivity contribution in [3.63, 3.8) is 0 Å². The predicted octanol–water partition coefficient (Wildman–Crippen LogP) is -0.796. The minimum atomic E-state index is 0.176. The number of hydroxylamine groups is 2. The summed E-state index contributed by atoms with van der Waals surface area (Å²) in [5.74, 6) is 0. The van der Waals surface area contributed by atoms with Gasteiger partial charge in [0.25, 0.3) is 0 Å². The SMILES string of the molecule is CCON1CCNC(CO)C1. The lowest BCUT2D eigenvalue weighted by molar-refractivity contribution is -0.169. The van der Waals surface area contributed by atoms with E-state index in [9.17, 15) is 0 Å². The number of rotatable bonds is 3. The van der Waals surface area contributed by atoms with Crippen LogP contribution in [0.25, 0.3) is 0 Å². The van der Waals surface area contributed by atoms with E-state index in [1.54, 1.807) is 0 Å². The third-order valence-corrected chi connectivity index (χ3v) is 1.75. The van der Waals surface area contributed by atoms with Crippen molar-refractivity contribution in [3.05, 3.63) is 0 Å². The lowest BCUT2D eigenvalue weighted by atomic mass is 10.2. The molecule has 0 amide bonds. The Kier molecular flexibility index (Phi) is 3.79. The van der Waals surface area contributed by atoms with Crippen molar-refractivity contribution in [2.24, 2.45) is 0 Å². The van der Waals surface area contributed by atoms with E-state index in [4.69, 9.17) is 9.94 Å². The van der Waals surface area contributed by atoms with Gasteiger partial charge in [0.15, 0.2) is 0 Å². The van der Waals surface area contributed by atoms with Crippen LogP contribution < -0.4 is 5.32 Å². The smallest absolute Gasteiger partial charge is 0.0656 e. The summed E-state index contributed by atoms with van der Waals surface area (Å²) in [4.78, 5) is 5.30. The zero-order valence-electron chi connectivity index (χ0n) is 6.92. The Morgan fingerprint density at radius 2 is 2.55 bits per heavy atom. The molecule has 0 aromatic rings. The number of nitrogens with zero attached hydrogens (tertiary/aromatic N) is 1. The molecule has 1 rings (SSSR count). The van der Waals surface area contributed by atoms with Crippen LogP contribution in [0.2, 0.25) is 0 Å². The lowest BCUT2D eigenvalue weighted by Crippen LogP contribution is -2.51. The average molecular weight is 160 g/mol. The highest BCUT2D eigenvalue weighted by Gasteiger charge is 2.17. The molecule has 4 nitrogen and oxygen atoms in total. The molecule has 1 fully saturated rings. The Morgan fingerprint density at radius 1 is 1.73 bits per heavy atom. The van der Waals surface area contributed by atoms with Crippen LogP contribution in [0, 0.1) is 0 Å². The van der Waals surface area contributed by atoms with E-state index in [0.717, 1.165) is 19.6 Å². The third-order valence-electron chi connectivity index (χ3n) is 1.75. The second-order valence-corrected chi connectivity index (χ2v) is 2.64. The first-order valence-electron chi connectivity index (χ1n) is 4.09. The van der Waals surface area contributed by atoms with Crippen molar-refractivity contribution in [2.75, 3.05) is 32.8 Å². The number of aliphatic hydroxyl groups is 1. The van der Waals surface area contributed by atoms with Crippen molar-refractivity contribution >= 4 is 0 Å². The maximum atomic E-state index is 8.83. The van der Waals surface area contributed by atoms with Crippen molar-refractivity contribution in [3.8, 4) is 0 Å². The largest absolute Gasteiger partial charge is 0.395 e. The van der Waals surface area contributed by atoms with Crippen LogP contribution >= 0.6 is 0 Å². The van der Waals surface area contributed by atoms with Gasteiger partial charge in [-0.25, -0.2) is 0 Å². The maximum Gasteiger partial charge on any atom is 0.0656 e. The summed E-state index contributed by atoms with van der Waals surface area (Å²) in [5.41, 5.74) is 0. The first-order valence-corrected chi connectivity index (χ1v) is 4.09. The van der Waals surface area contributed by atoms with E-state index in [-0.39, 0.29) is 12.6 Å². The van der Waals surface area contributed by atoms with Gasteiger partial charge < -0.3 is 10.4 Å². The molecule has 1 aliphatic rings. The number of nitrogens with one attached hydrogen (secondary N) is 1. The summed E-state index contributed by atoms with van der Waals surface area (Å²) < 4.78 is 0. The topological polar surface area (TPSA) is 44.7 Å². The van der Waals surface area contributed by atoms with Gasteiger partial charge in [-0.2, -0.15) is 5.06 Å². The molecule has 0 aromatic heterocycles. The van der Waals surface area contributed by atoms with E-state index in [2.05, 4.69) is 5.32 Å². The molecule has 0 spiro atoms. The highest BCUT2D eigenvalue weighted by atomic mass is 16.7. The lowest BCUT2D eigenvalue weighted by Gasteiger charge is -2.31. The standard InChI is InChI=1S/C7H16N2O2/c1-2-11-9-4-3-8-7(5-9)6-10/h7-8,10H,2-6H2,1H3.